The molecule has 0 radical (unpaired) electrons. The maximum Gasteiger partial charge on any atom is 0.235 e. The van der Waals surface area contributed by atoms with Gasteiger partial charge in [0.05, 0.1) is 1.28 Å². The largest absolute Gasteiger partial charge is 0.317 e. The van der Waals surface area contributed by atoms with Crippen molar-refractivity contribution in [1.82, 2.24) is 0 Å². The monoisotopic (exact) mass is 1900 g/mol. The third kappa shape index (κ3) is 17.1. The summed E-state index contributed by atoms with van der Waals surface area (Å²) in [4.78, 5) is 0. The van der Waals surface area contributed by atoms with Gasteiger partial charge >= 0.3 is 0 Å². The van der Waals surface area contributed by atoms with E-state index in [0.29, 0.717) is 0 Å². The summed E-state index contributed by atoms with van der Waals surface area (Å²) in [6, 6.07) is 214. The number of aryl methyl sites for hydroxylation is 2. The van der Waals surface area contributed by atoms with Gasteiger partial charge in [0, 0.05) is 5.92 Å². The van der Waals surface area contributed by atoms with E-state index in [9.17, 15) is 4.11 Å². The SMILES string of the molecule is Cc1ccccc1[Si](c1ccccc1)(c1ccccc1)c1ccccc1C.[3H]P[SiH2]F.c1ccc([Si](c2ccccc2)(c2ccccc2)c2ccc(C3c4ccccc4-c4ccccc43)cc2)cc1.c1ccc([Si](c2ccccc2)(c2ccccc2)c2ccc([Si](c3ccccc3)(c3ccccc3)c3ccccc3)cc2)cc1.c1ccc2c(c1)Cc1ccccc1[Si]21c2ccccc2Cc2ccccc21. The van der Waals surface area contributed by atoms with E-state index in [1.165, 1.54) is 144 Å². The predicted octanol–water partition coefficient (Wildman–Crippen LogP) is 17.0. The Bertz CT molecular complexity index is 6910. The molecule has 670 valence electrons. The van der Waals surface area contributed by atoms with E-state index in [1.807, 2.05) is 0 Å². The number of benzene rings is 21. The number of hydrogen-bond donors (Lipinski definition) is 0. The Morgan fingerprint density at radius 2 is 0.396 bits per heavy atom. The minimum Gasteiger partial charge on any atom is -0.317 e. The van der Waals surface area contributed by atoms with Crippen molar-refractivity contribution in [2.45, 2.75) is 32.6 Å². The lowest BCUT2D eigenvalue weighted by Crippen LogP contribution is -2.79. The first-order valence-corrected chi connectivity index (χ1v) is 61.8. The Kier molecular flexibility index (Phi) is 27.5. The summed E-state index contributed by atoms with van der Waals surface area (Å²) in [6.07, 6.45) is 2.09. The molecule has 24 rings (SSSR count). The highest BCUT2D eigenvalue weighted by Gasteiger charge is 2.51. The highest BCUT2D eigenvalue weighted by Crippen LogP contribution is 2.48. The predicted molar refractivity (Wildman–Crippen MR) is 611 cm³/mol. The van der Waals surface area contributed by atoms with Gasteiger partial charge in [-0.2, -0.15) is 0 Å². The van der Waals surface area contributed by atoms with Crippen molar-refractivity contribution in [3.63, 3.8) is 0 Å². The molecule has 8 heteroatoms. The summed E-state index contributed by atoms with van der Waals surface area (Å²) in [6.45, 7) is 4.50. The Morgan fingerprint density at radius 1 is 0.216 bits per heavy atom. The highest BCUT2D eigenvalue weighted by atomic mass is 31.3. The molecule has 21 aromatic rings. The summed E-state index contributed by atoms with van der Waals surface area (Å²) in [5, 5.41) is 28.9. The molecule has 1 unspecified atom stereocenters. The molecule has 1 atom stereocenters. The molecular weight excluding hydrogens is 1790 g/mol. The van der Waals surface area contributed by atoms with E-state index < -0.39 is 49.9 Å². The lowest BCUT2D eigenvalue weighted by molar-refractivity contribution is 0.895. The van der Waals surface area contributed by atoms with Crippen molar-refractivity contribution < 1.29 is 4.11 Å². The van der Waals surface area contributed by atoms with Crippen LogP contribution < -0.4 is 104 Å². The lowest BCUT2D eigenvalue weighted by Gasteiger charge is -2.44. The second kappa shape index (κ2) is 42.1. The second-order valence-electron chi connectivity index (χ2n) is 36.3. The molecule has 0 aromatic heterocycles. The van der Waals surface area contributed by atoms with Gasteiger partial charge in [-0.05, 0) is 180 Å². The van der Waals surface area contributed by atoms with Crippen molar-refractivity contribution in [3.05, 3.63) is 626 Å². The van der Waals surface area contributed by atoms with Crippen LogP contribution in [0.25, 0.3) is 11.1 Å². The summed E-state index contributed by atoms with van der Waals surface area (Å²) < 4.78 is 16.9. The van der Waals surface area contributed by atoms with Crippen LogP contribution in [-0.2, 0) is 12.8 Å². The standard InChI is InChI=1S/C42H34Si2.C37H28Si.C26H20Si.C26H24Si.FH4PSi/c1-7-19-35(20-8-1)43(36-21-9-2-10-22-36,37-23-11-3-12-24-37)41-31-33-42(34-32-41)44(38-25-13-4-14-26-38,39-27-15-5-16-28-39)40-29-17-6-18-30-40;1-4-14-29(15-5-1)38(30-16-6-2-7-17-30,31-18-8-3-9-19-31)32-26-24-28(25-27-32)37-35-22-12-10-20-33(35)34-21-11-13-23-36(34)37;1-5-13-23-19(9-1)17-20-10-2-6-14-24(20)27(23)25-15-7-3-11-21(25)18-22-12-4-8-16-26(22)27;1-21-13-9-11-19-25(21)27(23-15-5-3-6-16-23,24-17-7-4-8-18-24)26-20-12-10-14-22(26)2;1-3-2/h1-34H;1-27,37H;1-16H,17-18H2;3-20H,1-2H3;2-3H2/i;;;;2T. The van der Waals surface area contributed by atoms with Gasteiger partial charge in [-0.1, -0.05) is 587 Å². The summed E-state index contributed by atoms with van der Waals surface area (Å²) >= 11 is 0. The maximum absolute atomic E-state index is 10.7. The van der Waals surface area contributed by atoms with Crippen LogP contribution in [0.4, 0.5) is 4.11 Å². The number of rotatable bonds is 18. The normalized spacial score (nSPS) is 12.7. The fourth-order valence-electron chi connectivity index (χ4n) is 23.3. The molecule has 0 nitrogen and oxygen atoms in total. The van der Waals surface area contributed by atoms with Crippen molar-refractivity contribution >= 4 is 162 Å². The van der Waals surface area contributed by atoms with Crippen molar-refractivity contribution in [3.8, 4) is 11.1 Å². The van der Waals surface area contributed by atoms with Crippen LogP contribution in [0.3, 0.4) is 0 Å². The van der Waals surface area contributed by atoms with Crippen LogP contribution in [-0.4, -0.2) is 51.2 Å². The molecule has 0 fully saturated rings. The molecule has 3 aliphatic rings. The van der Waals surface area contributed by atoms with E-state index >= 15 is 0 Å². The summed E-state index contributed by atoms with van der Waals surface area (Å²) in [5.41, 5.74) is 15.6. The average Bonchev–Trinajstić information content (AvgIpc) is 0.726. The molecule has 0 amide bonds. The van der Waals surface area contributed by atoms with Crippen LogP contribution in [0.1, 0.15) is 56.0 Å². The molecule has 2 aliphatic heterocycles. The summed E-state index contributed by atoms with van der Waals surface area (Å²) in [7, 11) is -13.9. The third-order valence-corrected chi connectivity index (χ3v) is 53.8. The molecule has 1 spiro atoms. The zero-order chi connectivity index (χ0) is 95.0. The zero-order valence-corrected chi connectivity index (χ0v) is 85.8. The smallest absolute Gasteiger partial charge is 0.235 e. The van der Waals surface area contributed by atoms with Crippen LogP contribution >= 0.6 is 8.73 Å². The van der Waals surface area contributed by atoms with E-state index in [1.54, 1.807) is 20.7 Å². The topological polar surface area (TPSA) is 0 Å². The number of fused-ring (bicyclic) bond motifs is 11. The summed E-state index contributed by atoms with van der Waals surface area (Å²) in [5.74, 6) is 0.262. The Labute approximate surface area is 831 Å². The second-order valence-corrected chi connectivity index (χ2v) is 56.2. The first-order chi connectivity index (χ1) is 69.3. The van der Waals surface area contributed by atoms with Crippen LogP contribution in [0.15, 0.2) is 576 Å². The van der Waals surface area contributed by atoms with Gasteiger partial charge in [0.1, 0.15) is 0 Å². The molecule has 2 heterocycles. The highest BCUT2D eigenvalue weighted by molar-refractivity contribution is 7.54. The van der Waals surface area contributed by atoms with Gasteiger partial charge in [-0.15, -0.1) is 8.73 Å². The Morgan fingerprint density at radius 3 is 0.626 bits per heavy atom. The number of hydrogen-bond acceptors (Lipinski definition) is 0. The van der Waals surface area contributed by atoms with E-state index in [4.69, 9.17) is 1.28 Å². The molecule has 0 bridgehead atoms. The van der Waals surface area contributed by atoms with Gasteiger partial charge in [-0.25, -0.2) is 0 Å². The Balaban J connectivity index is 0.000000115. The van der Waals surface area contributed by atoms with Crippen molar-refractivity contribution in [2.24, 2.45) is 0 Å². The fraction of sp³-hybridized carbons (Fsp3) is 0.0382. The van der Waals surface area contributed by atoms with Crippen LogP contribution in [0.5, 0.6) is 0 Å². The molecule has 0 saturated heterocycles. The van der Waals surface area contributed by atoms with E-state index in [-0.39, 0.29) is 14.7 Å². The van der Waals surface area contributed by atoms with Gasteiger partial charge in [0.2, 0.25) is 9.52 Å². The Hall–Kier alpha value is -14.7. The van der Waals surface area contributed by atoms with E-state index in [0.717, 1.165) is 12.8 Å². The van der Waals surface area contributed by atoms with Gasteiger partial charge in [0.15, 0.2) is 40.4 Å². The van der Waals surface area contributed by atoms with Crippen molar-refractivity contribution in [1.29, 1.82) is 1.28 Å². The maximum atomic E-state index is 10.7. The fourth-order valence-corrected chi connectivity index (χ4v) is 48.6. The molecule has 139 heavy (non-hydrogen) atoms. The first kappa shape index (κ1) is 90.7. The molecule has 1 aliphatic carbocycles. The average molecular weight is 1900 g/mol. The quantitative estimate of drug-likeness (QED) is 0.0348. The van der Waals surface area contributed by atoms with Crippen molar-refractivity contribution in [2.75, 3.05) is 0 Å². The minimum absolute atomic E-state index is 0.137. The lowest BCUT2D eigenvalue weighted by atomic mass is 9.89. The molecular formula is C131H110FPSi6. The van der Waals surface area contributed by atoms with Crippen LogP contribution in [0, 0.1) is 13.8 Å². The molecule has 0 N–H and O–H groups in total. The van der Waals surface area contributed by atoms with Gasteiger partial charge in [-0.3, -0.25) is 0 Å². The third-order valence-electron chi connectivity index (χ3n) is 29.1. The van der Waals surface area contributed by atoms with Gasteiger partial charge in [0.25, 0.3) is 0 Å². The number of halogens is 1. The van der Waals surface area contributed by atoms with E-state index in [2.05, 4.69) is 590 Å². The zero-order valence-electron chi connectivity index (χ0n) is 79.4. The molecule has 0 saturated carbocycles. The first-order valence-electron chi connectivity index (χ1n) is 48.9. The molecule has 21 aromatic carbocycles. The minimum atomic E-state index is -2.60. The van der Waals surface area contributed by atoms with Crippen LogP contribution in [0.2, 0.25) is 0 Å². The van der Waals surface area contributed by atoms with Gasteiger partial charge < -0.3 is 4.11 Å².